The van der Waals surface area contributed by atoms with Crippen LogP contribution in [0.4, 0.5) is 0 Å². The molecule has 0 aromatic heterocycles. The largest absolute Gasteiger partial charge is 0.314 e. The summed E-state index contributed by atoms with van der Waals surface area (Å²) in [6.45, 7) is 2.23. The van der Waals surface area contributed by atoms with E-state index in [0.717, 1.165) is 6.54 Å². The zero-order valence-corrected chi connectivity index (χ0v) is 11.1. The molecule has 0 radical (unpaired) electrons. The molecule has 2 heteroatoms. The van der Waals surface area contributed by atoms with Crippen LogP contribution >= 0.6 is 0 Å². The maximum absolute atomic E-state index is 3.61. The maximum Gasteiger partial charge on any atom is 0.0227 e. The first-order valence-corrected chi connectivity index (χ1v) is 6.70. The normalized spacial score (nSPS) is 20.8. The van der Waals surface area contributed by atoms with Crippen LogP contribution in [0.1, 0.15) is 30.4 Å². The molecule has 1 aromatic rings. The Balaban J connectivity index is 1.88. The highest BCUT2D eigenvalue weighted by Gasteiger charge is 2.12. The molecule has 1 unspecified atom stereocenters. The van der Waals surface area contributed by atoms with Gasteiger partial charge in [0.2, 0.25) is 0 Å². The highest BCUT2D eigenvalue weighted by molar-refractivity contribution is 5.23. The lowest BCUT2D eigenvalue weighted by Crippen LogP contribution is -2.35. The Morgan fingerprint density at radius 1 is 1.12 bits per heavy atom. The molecule has 1 fully saturated rings. The maximum atomic E-state index is 3.61. The van der Waals surface area contributed by atoms with E-state index < -0.39 is 0 Å². The minimum Gasteiger partial charge on any atom is -0.314 e. The first-order chi connectivity index (χ1) is 8.24. The van der Waals surface area contributed by atoms with Gasteiger partial charge < -0.3 is 10.2 Å². The van der Waals surface area contributed by atoms with Crippen molar-refractivity contribution in [2.45, 2.75) is 38.3 Å². The van der Waals surface area contributed by atoms with Gasteiger partial charge in [-0.2, -0.15) is 0 Å². The topological polar surface area (TPSA) is 15.3 Å². The molecule has 17 heavy (non-hydrogen) atoms. The van der Waals surface area contributed by atoms with E-state index in [-0.39, 0.29) is 0 Å². The van der Waals surface area contributed by atoms with E-state index in [1.807, 2.05) is 0 Å². The number of hydrogen-bond donors (Lipinski definition) is 1. The summed E-state index contributed by atoms with van der Waals surface area (Å²) in [5.74, 6) is 0. The predicted molar refractivity (Wildman–Crippen MR) is 73.2 cm³/mol. The minimum absolute atomic E-state index is 0.698. The molecule has 0 saturated carbocycles. The lowest BCUT2D eigenvalue weighted by atomic mass is 9.97. The summed E-state index contributed by atoms with van der Waals surface area (Å²) in [4.78, 5) is 2.21. The third kappa shape index (κ3) is 4.14. The second kappa shape index (κ2) is 6.18. The number of nitrogens with one attached hydrogen (secondary N) is 1. The molecule has 1 aromatic carbocycles. The van der Waals surface area contributed by atoms with Gasteiger partial charge in [-0.15, -0.1) is 0 Å². The van der Waals surface area contributed by atoms with Gasteiger partial charge in [-0.05, 0) is 51.0 Å². The fourth-order valence-corrected chi connectivity index (χ4v) is 2.53. The molecular formula is C15H24N2. The van der Waals surface area contributed by atoms with E-state index in [4.69, 9.17) is 0 Å². The fraction of sp³-hybridized carbons (Fsp3) is 0.600. The Labute approximate surface area is 105 Å². The quantitative estimate of drug-likeness (QED) is 0.857. The standard InChI is InChI=1S/C15H24N2/c1-17(2)12-14-8-6-13(7-9-14)11-15-5-3-4-10-16-15/h6-9,15-16H,3-5,10-12H2,1-2H3. The monoisotopic (exact) mass is 232 g/mol. The van der Waals surface area contributed by atoms with Gasteiger partial charge in [-0.25, -0.2) is 0 Å². The molecular weight excluding hydrogens is 208 g/mol. The van der Waals surface area contributed by atoms with Crippen molar-refractivity contribution in [2.24, 2.45) is 0 Å². The van der Waals surface area contributed by atoms with Crippen LogP contribution in [-0.4, -0.2) is 31.6 Å². The van der Waals surface area contributed by atoms with Crippen LogP contribution in [0.25, 0.3) is 0 Å². The Hall–Kier alpha value is -0.860. The number of benzene rings is 1. The second-order valence-corrected chi connectivity index (χ2v) is 5.41. The van der Waals surface area contributed by atoms with Gasteiger partial charge in [0.25, 0.3) is 0 Å². The summed E-state index contributed by atoms with van der Waals surface area (Å²) < 4.78 is 0. The number of hydrogen-bond acceptors (Lipinski definition) is 2. The second-order valence-electron chi connectivity index (χ2n) is 5.41. The van der Waals surface area contributed by atoms with Gasteiger partial charge >= 0.3 is 0 Å². The number of rotatable bonds is 4. The minimum atomic E-state index is 0.698. The Morgan fingerprint density at radius 2 is 1.82 bits per heavy atom. The lowest BCUT2D eigenvalue weighted by Gasteiger charge is -2.23. The smallest absolute Gasteiger partial charge is 0.0227 e. The Kier molecular flexibility index (Phi) is 4.57. The Bertz CT molecular complexity index is 323. The number of piperidine rings is 1. The number of nitrogens with zero attached hydrogens (tertiary/aromatic N) is 1. The van der Waals surface area contributed by atoms with E-state index in [0.29, 0.717) is 6.04 Å². The van der Waals surface area contributed by atoms with Gasteiger partial charge in [0.1, 0.15) is 0 Å². The fourth-order valence-electron chi connectivity index (χ4n) is 2.53. The lowest BCUT2D eigenvalue weighted by molar-refractivity contribution is 0.398. The average Bonchev–Trinajstić information content (AvgIpc) is 2.32. The highest BCUT2D eigenvalue weighted by atomic mass is 15.0. The van der Waals surface area contributed by atoms with Crippen LogP contribution in [-0.2, 0) is 13.0 Å². The van der Waals surface area contributed by atoms with Gasteiger partial charge in [0.05, 0.1) is 0 Å². The van der Waals surface area contributed by atoms with Crippen molar-refractivity contribution < 1.29 is 0 Å². The summed E-state index contributed by atoms with van der Waals surface area (Å²) in [5.41, 5.74) is 2.86. The van der Waals surface area contributed by atoms with E-state index in [2.05, 4.69) is 48.6 Å². The summed E-state index contributed by atoms with van der Waals surface area (Å²) in [5, 5.41) is 3.61. The van der Waals surface area contributed by atoms with Crippen LogP contribution in [0, 0.1) is 0 Å². The molecule has 1 N–H and O–H groups in total. The average molecular weight is 232 g/mol. The molecule has 1 aliphatic rings. The van der Waals surface area contributed by atoms with Crippen molar-refractivity contribution in [1.29, 1.82) is 0 Å². The highest BCUT2D eigenvalue weighted by Crippen LogP contribution is 2.14. The summed E-state index contributed by atoms with van der Waals surface area (Å²) >= 11 is 0. The van der Waals surface area contributed by atoms with E-state index >= 15 is 0 Å². The molecule has 1 heterocycles. The van der Waals surface area contributed by atoms with Crippen LogP contribution in [0.3, 0.4) is 0 Å². The molecule has 0 aliphatic carbocycles. The molecule has 1 saturated heterocycles. The van der Waals surface area contributed by atoms with Crippen LogP contribution < -0.4 is 5.32 Å². The van der Waals surface area contributed by atoms with E-state index in [9.17, 15) is 0 Å². The van der Waals surface area contributed by atoms with Crippen molar-refractivity contribution in [2.75, 3.05) is 20.6 Å². The van der Waals surface area contributed by atoms with Crippen molar-refractivity contribution in [3.63, 3.8) is 0 Å². The van der Waals surface area contributed by atoms with Crippen molar-refractivity contribution in [3.8, 4) is 0 Å². The first kappa shape index (κ1) is 12.6. The van der Waals surface area contributed by atoms with Crippen LogP contribution in [0.5, 0.6) is 0 Å². The molecule has 1 aliphatic heterocycles. The molecule has 2 rings (SSSR count). The first-order valence-electron chi connectivity index (χ1n) is 6.70. The molecule has 0 bridgehead atoms. The zero-order chi connectivity index (χ0) is 12.1. The van der Waals surface area contributed by atoms with Gasteiger partial charge in [0.15, 0.2) is 0 Å². The molecule has 0 amide bonds. The molecule has 0 spiro atoms. The summed E-state index contributed by atoms with van der Waals surface area (Å²) in [7, 11) is 4.22. The van der Waals surface area contributed by atoms with E-state index in [1.165, 1.54) is 43.4 Å². The third-order valence-electron chi connectivity index (χ3n) is 3.42. The molecule has 1 atom stereocenters. The summed E-state index contributed by atoms with van der Waals surface area (Å²) in [6, 6.07) is 9.80. The van der Waals surface area contributed by atoms with Crippen LogP contribution in [0.15, 0.2) is 24.3 Å². The van der Waals surface area contributed by atoms with E-state index in [1.54, 1.807) is 0 Å². The predicted octanol–water partition coefficient (Wildman–Crippen LogP) is 2.43. The molecule has 2 nitrogen and oxygen atoms in total. The SMILES string of the molecule is CN(C)Cc1ccc(CC2CCCCN2)cc1. The molecule has 94 valence electrons. The van der Waals surface area contributed by atoms with Crippen molar-refractivity contribution in [3.05, 3.63) is 35.4 Å². The zero-order valence-electron chi connectivity index (χ0n) is 11.1. The summed E-state index contributed by atoms with van der Waals surface area (Å²) in [6.07, 6.45) is 5.25. The Morgan fingerprint density at radius 3 is 2.41 bits per heavy atom. The third-order valence-corrected chi connectivity index (χ3v) is 3.42. The van der Waals surface area contributed by atoms with Crippen molar-refractivity contribution >= 4 is 0 Å². The van der Waals surface area contributed by atoms with Gasteiger partial charge in [0, 0.05) is 12.6 Å². The van der Waals surface area contributed by atoms with Crippen molar-refractivity contribution in [1.82, 2.24) is 10.2 Å². The van der Waals surface area contributed by atoms with Gasteiger partial charge in [-0.1, -0.05) is 30.7 Å². The van der Waals surface area contributed by atoms with Gasteiger partial charge in [-0.3, -0.25) is 0 Å². The van der Waals surface area contributed by atoms with Crippen LogP contribution in [0.2, 0.25) is 0 Å².